The lowest BCUT2D eigenvalue weighted by molar-refractivity contribution is 0.0698. The number of hydrogen-bond acceptors (Lipinski definition) is 3. The molecule has 0 spiro atoms. The van der Waals surface area contributed by atoms with Crippen LogP contribution < -0.4 is 4.90 Å². The zero-order valence-electron chi connectivity index (χ0n) is 12.1. The van der Waals surface area contributed by atoms with E-state index in [0.717, 1.165) is 16.8 Å². The number of carbonyl (C=O) groups is 1. The van der Waals surface area contributed by atoms with Gasteiger partial charge in [0.1, 0.15) is 11.4 Å². The van der Waals surface area contributed by atoms with Crippen molar-refractivity contribution in [3.63, 3.8) is 0 Å². The summed E-state index contributed by atoms with van der Waals surface area (Å²) in [6.07, 6.45) is 0. The first-order valence-corrected chi connectivity index (χ1v) is 6.40. The Morgan fingerprint density at radius 3 is 2.35 bits per heavy atom. The number of carboxylic acids is 1. The van der Waals surface area contributed by atoms with Gasteiger partial charge in [-0.25, -0.2) is 9.78 Å². The summed E-state index contributed by atoms with van der Waals surface area (Å²) in [7, 11) is 3.60. The second kappa shape index (κ2) is 5.33. The van der Waals surface area contributed by atoms with E-state index in [2.05, 4.69) is 4.98 Å². The van der Waals surface area contributed by atoms with Gasteiger partial charge in [0.15, 0.2) is 0 Å². The Bertz CT molecular complexity index is 664. The van der Waals surface area contributed by atoms with E-state index in [4.69, 9.17) is 0 Å². The van der Waals surface area contributed by atoms with Gasteiger partial charge in [0, 0.05) is 25.4 Å². The normalized spacial score (nSPS) is 10.4. The molecule has 0 aliphatic rings. The molecule has 0 radical (unpaired) electrons. The predicted octanol–water partition coefficient (Wildman–Crippen LogP) is 3.13. The highest BCUT2D eigenvalue weighted by Gasteiger charge is 2.21. The fraction of sp³-hybridized carbons (Fsp3) is 0.250. The van der Waals surface area contributed by atoms with E-state index in [0.29, 0.717) is 11.4 Å². The van der Waals surface area contributed by atoms with E-state index in [-0.39, 0.29) is 5.56 Å². The van der Waals surface area contributed by atoms with Crippen molar-refractivity contribution in [3.8, 4) is 11.1 Å². The van der Waals surface area contributed by atoms with Crippen LogP contribution in [0.1, 0.15) is 21.6 Å². The highest BCUT2D eigenvalue weighted by Crippen LogP contribution is 2.32. The van der Waals surface area contributed by atoms with E-state index in [1.54, 1.807) is 19.0 Å². The Morgan fingerprint density at radius 2 is 1.80 bits per heavy atom. The number of carboxylic acid groups (broad SMARTS) is 1. The Hall–Kier alpha value is -2.36. The fourth-order valence-corrected chi connectivity index (χ4v) is 2.28. The molecule has 0 aliphatic carbocycles. The number of hydrogen-bond donors (Lipinski definition) is 1. The van der Waals surface area contributed by atoms with E-state index in [9.17, 15) is 9.90 Å². The van der Waals surface area contributed by atoms with Gasteiger partial charge in [0.2, 0.25) is 0 Å². The predicted molar refractivity (Wildman–Crippen MR) is 80.4 cm³/mol. The van der Waals surface area contributed by atoms with Crippen molar-refractivity contribution in [2.45, 2.75) is 13.8 Å². The van der Waals surface area contributed by atoms with Crippen LogP contribution in [0.15, 0.2) is 30.3 Å². The highest BCUT2D eigenvalue weighted by atomic mass is 16.4. The number of aromatic nitrogens is 1. The third kappa shape index (κ3) is 2.50. The Labute approximate surface area is 118 Å². The molecule has 20 heavy (non-hydrogen) atoms. The van der Waals surface area contributed by atoms with Crippen molar-refractivity contribution < 1.29 is 9.90 Å². The Kier molecular flexibility index (Phi) is 3.74. The SMILES string of the molecule is Cc1cc(-c2ccccc2C)c(C(=O)O)c(N(C)C)n1. The summed E-state index contributed by atoms with van der Waals surface area (Å²) in [4.78, 5) is 17.8. The first-order valence-electron chi connectivity index (χ1n) is 6.40. The lowest BCUT2D eigenvalue weighted by atomic mass is 9.96. The van der Waals surface area contributed by atoms with Crippen molar-refractivity contribution in [2.24, 2.45) is 0 Å². The third-order valence-corrected chi connectivity index (χ3v) is 3.20. The second-order valence-electron chi connectivity index (χ2n) is 5.02. The van der Waals surface area contributed by atoms with Crippen LogP contribution in [0.2, 0.25) is 0 Å². The number of rotatable bonds is 3. The molecule has 4 heteroatoms. The molecule has 0 saturated heterocycles. The van der Waals surface area contributed by atoms with Crippen LogP contribution in [0, 0.1) is 13.8 Å². The molecule has 0 bridgehead atoms. The average Bonchev–Trinajstić information content (AvgIpc) is 2.37. The van der Waals surface area contributed by atoms with Crippen molar-refractivity contribution in [1.29, 1.82) is 0 Å². The largest absolute Gasteiger partial charge is 0.478 e. The number of nitrogens with zero attached hydrogens (tertiary/aromatic N) is 2. The molecular formula is C16H18N2O2. The molecule has 2 aromatic rings. The fourth-order valence-electron chi connectivity index (χ4n) is 2.28. The summed E-state index contributed by atoms with van der Waals surface area (Å²) < 4.78 is 0. The molecule has 104 valence electrons. The van der Waals surface area contributed by atoms with Crippen molar-refractivity contribution >= 4 is 11.8 Å². The molecule has 1 N–H and O–H groups in total. The van der Waals surface area contributed by atoms with E-state index in [1.807, 2.05) is 44.2 Å². The van der Waals surface area contributed by atoms with E-state index in [1.165, 1.54) is 0 Å². The van der Waals surface area contributed by atoms with Crippen LogP contribution in [-0.4, -0.2) is 30.2 Å². The van der Waals surface area contributed by atoms with Gasteiger partial charge in [-0.05, 0) is 31.0 Å². The number of pyridine rings is 1. The zero-order chi connectivity index (χ0) is 14.9. The second-order valence-corrected chi connectivity index (χ2v) is 5.02. The highest BCUT2D eigenvalue weighted by molar-refractivity contribution is 6.01. The molecule has 1 aromatic heterocycles. The topological polar surface area (TPSA) is 53.4 Å². The lowest BCUT2D eigenvalue weighted by Gasteiger charge is -2.19. The summed E-state index contributed by atoms with van der Waals surface area (Å²) in [6, 6.07) is 9.61. The third-order valence-electron chi connectivity index (χ3n) is 3.20. The molecule has 0 saturated carbocycles. The van der Waals surface area contributed by atoms with Crippen LogP contribution in [0.25, 0.3) is 11.1 Å². The van der Waals surface area contributed by atoms with Crippen molar-refractivity contribution in [1.82, 2.24) is 4.98 Å². The summed E-state index contributed by atoms with van der Waals surface area (Å²) in [5, 5.41) is 9.57. The van der Waals surface area contributed by atoms with Crippen LogP contribution >= 0.6 is 0 Å². The standard InChI is InChI=1S/C16H18N2O2/c1-10-7-5-6-8-12(10)13-9-11(2)17-15(18(3)4)14(13)16(19)20/h5-9H,1-4H3,(H,19,20). The molecule has 0 amide bonds. The number of benzene rings is 1. The summed E-state index contributed by atoms with van der Waals surface area (Å²) >= 11 is 0. The minimum Gasteiger partial charge on any atom is -0.478 e. The van der Waals surface area contributed by atoms with Gasteiger partial charge in [0.05, 0.1) is 0 Å². The maximum absolute atomic E-state index is 11.7. The molecule has 2 rings (SSSR count). The van der Waals surface area contributed by atoms with Gasteiger partial charge < -0.3 is 10.0 Å². The first kappa shape index (κ1) is 14.1. The van der Waals surface area contributed by atoms with Crippen LogP contribution in [-0.2, 0) is 0 Å². The van der Waals surface area contributed by atoms with Gasteiger partial charge >= 0.3 is 5.97 Å². The quantitative estimate of drug-likeness (QED) is 0.931. The average molecular weight is 270 g/mol. The Morgan fingerprint density at radius 1 is 1.15 bits per heavy atom. The number of aryl methyl sites for hydroxylation is 2. The van der Waals surface area contributed by atoms with Gasteiger partial charge in [-0.2, -0.15) is 0 Å². The maximum Gasteiger partial charge on any atom is 0.340 e. The molecule has 1 heterocycles. The van der Waals surface area contributed by atoms with E-state index >= 15 is 0 Å². The maximum atomic E-state index is 11.7. The molecule has 0 aliphatic heterocycles. The molecular weight excluding hydrogens is 252 g/mol. The number of aromatic carboxylic acids is 1. The van der Waals surface area contributed by atoms with Gasteiger partial charge in [0.25, 0.3) is 0 Å². The Balaban J connectivity index is 2.82. The lowest BCUT2D eigenvalue weighted by Crippen LogP contribution is -2.17. The minimum atomic E-state index is -0.959. The van der Waals surface area contributed by atoms with Crippen LogP contribution in [0.3, 0.4) is 0 Å². The molecule has 0 fully saturated rings. The van der Waals surface area contributed by atoms with Gasteiger partial charge in [-0.3, -0.25) is 0 Å². The molecule has 1 aromatic carbocycles. The smallest absolute Gasteiger partial charge is 0.340 e. The molecule has 0 unspecified atom stereocenters. The van der Waals surface area contributed by atoms with Crippen molar-refractivity contribution in [2.75, 3.05) is 19.0 Å². The first-order chi connectivity index (χ1) is 9.41. The minimum absolute atomic E-state index is 0.245. The van der Waals surface area contributed by atoms with Gasteiger partial charge in [-0.1, -0.05) is 24.3 Å². The summed E-state index contributed by atoms with van der Waals surface area (Å²) in [6.45, 7) is 3.85. The van der Waals surface area contributed by atoms with Crippen molar-refractivity contribution in [3.05, 3.63) is 47.2 Å². The number of anilines is 1. The summed E-state index contributed by atoms with van der Waals surface area (Å²) in [5.41, 5.74) is 3.74. The van der Waals surface area contributed by atoms with Crippen LogP contribution in [0.4, 0.5) is 5.82 Å². The van der Waals surface area contributed by atoms with E-state index < -0.39 is 5.97 Å². The molecule has 0 atom stereocenters. The summed E-state index contributed by atoms with van der Waals surface area (Å²) in [5.74, 6) is -0.477. The van der Waals surface area contributed by atoms with Gasteiger partial charge in [-0.15, -0.1) is 0 Å². The monoisotopic (exact) mass is 270 g/mol. The zero-order valence-corrected chi connectivity index (χ0v) is 12.1. The van der Waals surface area contributed by atoms with Crippen LogP contribution in [0.5, 0.6) is 0 Å². The molecule has 4 nitrogen and oxygen atoms in total.